The van der Waals surface area contributed by atoms with Crippen LogP contribution in [0.2, 0.25) is 5.28 Å². The summed E-state index contributed by atoms with van der Waals surface area (Å²) in [6.07, 6.45) is 0.989. The maximum Gasteiger partial charge on any atom is 0.328 e. The third kappa shape index (κ3) is 3.54. The molecule has 0 aliphatic heterocycles. The van der Waals surface area contributed by atoms with E-state index in [9.17, 15) is 0 Å². The highest BCUT2D eigenvalue weighted by Gasteiger charge is 2.08. The molecular weight excluding hydrogens is 264 g/mol. The first kappa shape index (κ1) is 13.5. The number of anilines is 1. The van der Waals surface area contributed by atoms with E-state index in [1.54, 1.807) is 4.90 Å². The molecule has 0 saturated heterocycles. The van der Waals surface area contributed by atoms with E-state index in [1.165, 1.54) is 5.56 Å². The molecule has 0 spiro atoms. The number of aromatic nitrogens is 3. The minimum atomic E-state index is 0.110. The molecule has 0 N–H and O–H groups in total. The first-order valence-corrected chi connectivity index (χ1v) is 6.32. The van der Waals surface area contributed by atoms with Crippen LogP contribution in [0.15, 0.2) is 24.3 Å². The summed E-state index contributed by atoms with van der Waals surface area (Å²) in [7, 11) is 3.65. The van der Waals surface area contributed by atoms with Gasteiger partial charge in [-0.3, -0.25) is 0 Å². The molecular formula is C13H15ClN4O. The quantitative estimate of drug-likeness (QED) is 0.861. The van der Waals surface area contributed by atoms with E-state index < -0.39 is 0 Å². The van der Waals surface area contributed by atoms with Crippen LogP contribution in [0.25, 0.3) is 0 Å². The summed E-state index contributed by atoms with van der Waals surface area (Å²) in [4.78, 5) is 13.8. The van der Waals surface area contributed by atoms with Crippen molar-refractivity contribution in [2.75, 3.05) is 19.0 Å². The van der Waals surface area contributed by atoms with Gasteiger partial charge in [0.1, 0.15) is 5.75 Å². The summed E-state index contributed by atoms with van der Waals surface area (Å²) < 4.78 is 5.58. The Bertz CT molecular complexity index is 557. The number of halogens is 1. The van der Waals surface area contributed by atoms with Crippen molar-refractivity contribution in [3.63, 3.8) is 0 Å². The third-order valence-electron chi connectivity index (χ3n) is 2.52. The van der Waals surface area contributed by atoms with Crippen LogP contribution in [0.5, 0.6) is 11.8 Å². The second-order valence-corrected chi connectivity index (χ2v) is 4.52. The van der Waals surface area contributed by atoms with Gasteiger partial charge in [-0.2, -0.15) is 15.0 Å². The molecule has 100 valence electrons. The molecule has 1 aromatic heterocycles. The summed E-state index contributed by atoms with van der Waals surface area (Å²) in [5.41, 5.74) is 1.25. The largest absolute Gasteiger partial charge is 0.424 e. The second-order valence-electron chi connectivity index (χ2n) is 4.18. The lowest BCUT2D eigenvalue weighted by Gasteiger charge is -2.11. The van der Waals surface area contributed by atoms with Crippen molar-refractivity contribution < 1.29 is 4.74 Å². The van der Waals surface area contributed by atoms with Gasteiger partial charge in [0.05, 0.1) is 0 Å². The predicted octanol–water partition coefficient (Wildman–Crippen LogP) is 2.95. The Balaban J connectivity index is 2.22. The van der Waals surface area contributed by atoms with Gasteiger partial charge in [0.15, 0.2) is 0 Å². The Morgan fingerprint density at radius 3 is 2.37 bits per heavy atom. The molecule has 0 atom stereocenters. The number of hydrogen-bond acceptors (Lipinski definition) is 5. The number of aryl methyl sites for hydroxylation is 1. The van der Waals surface area contributed by atoms with Gasteiger partial charge >= 0.3 is 6.01 Å². The lowest BCUT2D eigenvalue weighted by Crippen LogP contribution is -2.13. The molecule has 5 nitrogen and oxygen atoms in total. The van der Waals surface area contributed by atoms with Crippen molar-refractivity contribution in [1.29, 1.82) is 0 Å². The van der Waals surface area contributed by atoms with E-state index in [2.05, 4.69) is 21.9 Å². The number of hydrogen-bond donors (Lipinski definition) is 0. The van der Waals surface area contributed by atoms with Crippen molar-refractivity contribution >= 4 is 17.5 Å². The monoisotopic (exact) mass is 278 g/mol. The van der Waals surface area contributed by atoms with E-state index in [4.69, 9.17) is 16.3 Å². The van der Waals surface area contributed by atoms with Gasteiger partial charge in [-0.1, -0.05) is 19.1 Å². The van der Waals surface area contributed by atoms with Crippen molar-refractivity contribution in [3.8, 4) is 11.8 Å². The first-order chi connectivity index (χ1) is 9.08. The molecule has 1 heterocycles. The normalized spacial score (nSPS) is 10.3. The van der Waals surface area contributed by atoms with Crippen LogP contribution in [-0.4, -0.2) is 29.0 Å². The van der Waals surface area contributed by atoms with Crippen LogP contribution >= 0.6 is 11.6 Å². The molecule has 1 aromatic carbocycles. The van der Waals surface area contributed by atoms with Gasteiger partial charge in [0.25, 0.3) is 0 Å². The maximum absolute atomic E-state index is 5.84. The fourth-order valence-electron chi connectivity index (χ4n) is 1.47. The average Bonchev–Trinajstić information content (AvgIpc) is 2.39. The minimum Gasteiger partial charge on any atom is -0.424 e. The zero-order chi connectivity index (χ0) is 13.8. The SMILES string of the molecule is CCc1ccc(Oc2nc(Cl)nc(N(C)C)n2)cc1. The maximum atomic E-state index is 5.84. The Morgan fingerprint density at radius 2 is 1.79 bits per heavy atom. The molecule has 2 rings (SSSR count). The molecule has 6 heteroatoms. The molecule has 0 fully saturated rings. The van der Waals surface area contributed by atoms with Gasteiger partial charge < -0.3 is 9.64 Å². The Labute approximate surface area is 117 Å². The summed E-state index contributed by atoms with van der Waals surface area (Å²) in [5, 5.41) is 0.110. The van der Waals surface area contributed by atoms with Crippen molar-refractivity contribution in [1.82, 2.24) is 15.0 Å². The van der Waals surface area contributed by atoms with Crippen LogP contribution in [0, 0.1) is 0 Å². The average molecular weight is 279 g/mol. The van der Waals surface area contributed by atoms with Gasteiger partial charge in [-0.25, -0.2) is 0 Å². The number of ether oxygens (including phenoxy) is 1. The fraction of sp³-hybridized carbons (Fsp3) is 0.308. The van der Waals surface area contributed by atoms with Crippen LogP contribution in [0.1, 0.15) is 12.5 Å². The van der Waals surface area contributed by atoms with Crippen molar-refractivity contribution in [3.05, 3.63) is 35.1 Å². The molecule has 2 aromatic rings. The number of rotatable bonds is 4. The Hall–Kier alpha value is -1.88. The highest BCUT2D eigenvalue weighted by atomic mass is 35.5. The second kappa shape index (κ2) is 5.84. The van der Waals surface area contributed by atoms with Crippen molar-refractivity contribution in [2.45, 2.75) is 13.3 Å². The molecule has 0 unspecified atom stereocenters. The van der Waals surface area contributed by atoms with E-state index in [-0.39, 0.29) is 11.3 Å². The Morgan fingerprint density at radius 1 is 1.11 bits per heavy atom. The smallest absolute Gasteiger partial charge is 0.328 e. The van der Waals surface area contributed by atoms with Gasteiger partial charge in [0, 0.05) is 14.1 Å². The summed E-state index contributed by atoms with van der Waals surface area (Å²) >= 11 is 5.84. The standard InChI is InChI=1S/C13H15ClN4O/c1-4-9-5-7-10(8-6-9)19-13-16-11(14)15-12(17-13)18(2)3/h5-8H,4H2,1-3H3. The van der Waals surface area contributed by atoms with Crippen LogP contribution in [-0.2, 0) is 6.42 Å². The number of benzene rings is 1. The molecule has 0 radical (unpaired) electrons. The lowest BCUT2D eigenvalue weighted by molar-refractivity contribution is 0.439. The topological polar surface area (TPSA) is 51.1 Å². The fourth-order valence-corrected chi connectivity index (χ4v) is 1.61. The van der Waals surface area contributed by atoms with Crippen molar-refractivity contribution in [2.24, 2.45) is 0 Å². The third-order valence-corrected chi connectivity index (χ3v) is 2.69. The summed E-state index contributed by atoms with van der Waals surface area (Å²) in [6, 6.07) is 7.96. The van der Waals surface area contributed by atoms with Gasteiger partial charge in [0.2, 0.25) is 11.2 Å². The molecule has 0 aliphatic carbocycles. The molecule has 0 aliphatic rings. The Kier molecular flexibility index (Phi) is 4.16. The van der Waals surface area contributed by atoms with E-state index in [1.807, 2.05) is 38.4 Å². The number of nitrogens with zero attached hydrogens (tertiary/aromatic N) is 4. The molecule has 0 amide bonds. The highest BCUT2D eigenvalue weighted by molar-refractivity contribution is 6.28. The molecule has 19 heavy (non-hydrogen) atoms. The zero-order valence-corrected chi connectivity index (χ0v) is 11.8. The lowest BCUT2D eigenvalue weighted by atomic mass is 10.2. The summed E-state index contributed by atoms with van der Waals surface area (Å²) in [5.74, 6) is 1.13. The molecule has 0 bridgehead atoms. The van der Waals surface area contributed by atoms with Gasteiger partial charge in [-0.15, -0.1) is 0 Å². The zero-order valence-electron chi connectivity index (χ0n) is 11.1. The van der Waals surface area contributed by atoms with Crippen LogP contribution in [0.4, 0.5) is 5.95 Å². The van der Waals surface area contributed by atoms with Gasteiger partial charge in [-0.05, 0) is 35.7 Å². The van der Waals surface area contributed by atoms with E-state index >= 15 is 0 Å². The van der Waals surface area contributed by atoms with Crippen LogP contribution < -0.4 is 9.64 Å². The minimum absolute atomic E-state index is 0.110. The first-order valence-electron chi connectivity index (χ1n) is 5.94. The van der Waals surface area contributed by atoms with E-state index in [0.717, 1.165) is 6.42 Å². The molecule has 0 saturated carbocycles. The van der Waals surface area contributed by atoms with Crippen LogP contribution in [0.3, 0.4) is 0 Å². The highest BCUT2D eigenvalue weighted by Crippen LogP contribution is 2.21. The predicted molar refractivity (Wildman–Crippen MR) is 75.1 cm³/mol. The van der Waals surface area contributed by atoms with E-state index in [0.29, 0.717) is 11.7 Å². The summed E-state index contributed by atoms with van der Waals surface area (Å²) in [6.45, 7) is 2.10.